The van der Waals surface area contributed by atoms with Gasteiger partial charge in [0.1, 0.15) is 0 Å². The maximum atomic E-state index is 5.79. The third-order valence-corrected chi connectivity index (χ3v) is 6.52. The van der Waals surface area contributed by atoms with Gasteiger partial charge in [-0.1, -0.05) is 43.5 Å². The number of para-hydroxylation sites is 1. The second-order valence-electron chi connectivity index (χ2n) is 8.02. The molecule has 1 saturated heterocycles. The Bertz CT molecular complexity index is 963. The molecule has 5 heteroatoms. The van der Waals surface area contributed by atoms with Crippen molar-refractivity contribution in [3.05, 3.63) is 84.4 Å². The van der Waals surface area contributed by atoms with E-state index in [4.69, 9.17) is 12.2 Å². The molecule has 5 rings (SSSR count). The summed E-state index contributed by atoms with van der Waals surface area (Å²) in [5.41, 5.74) is 3.41. The van der Waals surface area contributed by atoms with Crippen LogP contribution in [-0.4, -0.2) is 14.7 Å². The number of nitrogens with zero attached hydrogens (tertiary/aromatic N) is 3. The Morgan fingerprint density at radius 3 is 2.48 bits per heavy atom. The third-order valence-electron chi connectivity index (χ3n) is 6.21. The summed E-state index contributed by atoms with van der Waals surface area (Å²) in [6, 6.07) is 19.5. The average Bonchev–Trinajstić information content (AvgIpc) is 3.40. The molecule has 2 fully saturated rings. The van der Waals surface area contributed by atoms with E-state index in [0.29, 0.717) is 6.04 Å². The number of anilines is 1. The Morgan fingerprint density at radius 2 is 1.72 bits per heavy atom. The van der Waals surface area contributed by atoms with E-state index in [1.807, 2.05) is 24.4 Å². The summed E-state index contributed by atoms with van der Waals surface area (Å²) in [4.78, 5) is 6.89. The number of rotatable bonds is 4. The molecule has 0 amide bonds. The fourth-order valence-electron chi connectivity index (χ4n) is 4.77. The Morgan fingerprint density at radius 1 is 0.931 bits per heavy atom. The van der Waals surface area contributed by atoms with Crippen molar-refractivity contribution in [2.24, 2.45) is 0 Å². The molecule has 4 nitrogen and oxygen atoms in total. The molecule has 1 aliphatic heterocycles. The summed E-state index contributed by atoms with van der Waals surface area (Å²) < 4.78 is 2.43. The summed E-state index contributed by atoms with van der Waals surface area (Å²) in [5.74, 6) is 0. The van der Waals surface area contributed by atoms with Gasteiger partial charge in [-0.2, -0.15) is 0 Å². The molecule has 3 heterocycles. The zero-order valence-electron chi connectivity index (χ0n) is 16.4. The van der Waals surface area contributed by atoms with Gasteiger partial charge in [0.25, 0.3) is 0 Å². The standard InChI is InChI=1S/C24H26N4S/c29-24-26-22(21-13-7-8-15-25-21)23(28(24)20-11-5-2-6-12-20)18-14-16-27(17-18)19-9-3-1-4-10-19/h2,5-8,11-17,19,22-23H,1,3-4,9-10H2,(H,26,29)/t22-,23+/m0/s1. The van der Waals surface area contributed by atoms with Crippen molar-refractivity contribution in [2.75, 3.05) is 4.90 Å². The predicted molar refractivity (Wildman–Crippen MR) is 121 cm³/mol. The molecule has 1 saturated carbocycles. The number of nitrogens with one attached hydrogen (secondary N) is 1. The Kier molecular flexibility index (Phi) is 5.06. The average molecular weight is 403 g/mol. The van der Waals surface area contributed by atoms with Crippen LogP contribution in [-0.2, 0) is 0 Å². The molecular formula is C24H26N4S. The highest BCUT2D eigenvalue weighted by Gasteiger charge is 2.41. The smallest absolute Gasteiger partial charge is 0.174 e. The van der Waals surface area contributed by atoms with Gasteiger partial charge in [0.15, 0.2) is 5.11 Å². The molecule has 0 spiro atoms. The maximum Gasteiger partial charge on any atom is 0.174 e. The van der Waals surface area contributed by atoms with E-state index in [1.54, 1.807) is 0 Å². The molecule has 148 valence electrons. The molecule has 1 aliphatic carbocycles. The van der Waals surface area contributed by atoms with Gasteiger partial charge in [0.05, 0.1) is 17.8 Å². The van der Waals surface area contributed by atoms with Gasteiger partial charge in [-0.15, -0.1) is 0 Å². The molecule has 2 atom stereocenters. The van der Waals surface area contributed by atoms with Crippen molar-refractivity contribution in [1.82, 2.24) is 14.9 Å². The van der Waals surface area contributed by atoms with Gasteiger partial charge < -0.3 is 14.8 Å². The van der Waals surface area contributed by atoms with Crippen molar-refractivity contribution in [3.8, 4) is 0 Å². The lowest BCUT2D eigenvalue weighted by Gasteiger charge is -2.27. The number of hydrogen-bond acceptors (Lipinski definition) is 2. The lowest BCUT2D eigenvalue weighted by molar-refractivity contribution is 0.353. The molecule has 0 radical (unpaired) electrons. The SMILES string of the molecule is S=C1N[C@@H](c2ccccn2)[C@@H](c2ccn(C3CCCCC3)c2)N1c1ccccc1. The first-order valence-electron chi connectivity index (χ1n) is 10.5. The van der Waals surface area contributed by atoms with Crippen LogP contribution in [0.3, 0.4) is 0 Å². The molecule has 1 aromatic carbocycles. The van der Waals surface area contributed by atoms with Gasteiger partial charge in [-0.3, -0.25) is 4.98 Å². The summed E-state index contributed by atoms with van der Waals surface area (Å²) in [6.45, 7) is 0. The van der Waals surface area contributed by atoms with Crippen LogP contribution in [0.25, 0.3) is 0 Å². The van der Waals surface area contributed by atoms with Gasteiger partial charge in [-0.25, -0.2) is 0 Å². The summed E-state index contributed by atoms with van der Waals surface area (Å²) >= 11 is 5.79. The van der Waals surface area contributed by atoms with Crippen molar-refractivity contribution < 1.29 is 0 Å². The number of thiocarbonyl (C=S) groups is 1. The van der Waals surface area contributed by atoms with E-state index >= 15 is 0 Å². The molecular weight excluding hydrogens is 376 g/mol. The highest BCUT2D eigenvalue weighted by Crippen LogP contribution is 2.42. The summed E-state index contributed by atoms with van der Waals surface area (Å²) in [6.07, 6.45) is 13.0. The molecule has 1 N–H and O–H groups in total. The minimum atomic E-state index is 0.0195. The molecule has 0 bridgehead atoms. The topological polar surface area (TPSA) is 33.1 Å². The first-order valence-corrected chi connectivity index (χ1v) is 11.0. The van der Waals surface area contributed by atoms with Gasteiger partial charge in [0.2, 0.25) is 0 Å². The Hall–Kier alpha value is -2.66. The second-order valence-corrected chi connectivity index (χ2v) is 8.40. The summed E-state index contributed by atoms with van der Waals surface area (Å²) in [7, 11) is 0. The minimum absolute atomic E-state index is 0.0195. The van der Waals surface area contributed by atoms with Crippen LogP contribution in [0.5, 0.6) is 0 Å². The van der Waals surface area contributed by atoms with E-state index in [1.165, 1.54) is 37.7 Å². The lowest BCUT2D eigenvalue weighted by Crippen LogP contribution is -2.29. The van der Waals surface area contributed by atoms with E-state index < -0.39 is 0 Å². The largest absolute Gasteiger partial charge is 0.351 e. The van der Waals surface area contributed by atoms with Crippen LogP contribution in [0.15, 0.2) is 73.2 Å². The molecule has 2 aromatic heterocycles. The second kappa shape index (κ2) is 7.99. The van der Waals surface area contributed by atoms with Crippen LogP contribution < -0.4 is 10.2 Å². The van der Waals surface area contributed by atoms with Crippen LogP contribution in [0.1, 0.15) is 61.5 Å². The van der Waals surface area contributed by atoms with Gasteiger partial charge >= 0.3 is 0 Å². The van der Waals surface area contributed by atoms with Crippen LogP contribution in [0.4, 0.5) is 5.69 Å². The van der Waals surface area contributed by atoms with E-state index in [0.717, 1.165) is 16.5 Å². The predicted octanol–water partition coefficient (Wildman–Crippen LogP) is 5.57. The zero-order chi connectivity index (χ0) is 19.6. The number of pyridine rings is 1. The highest BCUT2D eigenvalue weighted by atomic mass is 32.1. The first-order chi connectivity index (χ1) is 14.3. The van der Waals surface area contributed by atoms with Gasteiger partial charge in [-0.05, 0) is 61.0 Å². The molecule has 0 unspecified atom stereocenters. The van der Waals surface area contributed by atoms with Crippen LogP contribution in [0, 0.1) is 0 Å². The number of hydrogen-bond donors (Lipinski definition) is 1. The first kappa shape index (κ1) is 18.4. The fraction of sp³-hybridized carbons (Fsp3) is 0.333. The van der Waals surface area contributed by atoms with Crippen molar-refractivity contribution >= 4 is 23.0 Å². The van der Waals surface area contributed by atoms with Crippen molar-refractivity contribution in [3.63, 3.8) is 0 Å². The van der Waals surface area contributed by atoms with E-state index in [-0.39, 0.29) is 12.1 Å². The van der Waals surface area contributed by atoms with Crippen molar-refractivity contribution in [1.29, 1.82) is 0 Å². The van der Waals surface area contributed by atoms with E-state index in [9.17, 15) is 0 Å². The maximum absolute atomic E-state index is 5.79. The quantitative estimate of drug-likeness (QED) is 0.579. The highest BCUT2D eigenvalue weighted by molar-refractivity contribution is 7.80. The Balaban J connectivity index is 1.54. The fourth-order valence-corrected chi connectivity index (χ4v) is 5.12. The number of benzene rings is 1. The van der Waals surface area contributed by atoms with Crippen molar-refractivity contribution in [2.45, 2.75) is 50.2 Å². The lowest BCUT2D eigenvalue weighted by atomic mass is 9.95. The Labute approximate surface area is 177 Å². The third kappa shape index (κ3) is 3.55. The minimum Gasteiger partial charge on any atom is -0.351 e. The molecule has 29 heavy (non-hydrogen) atoms. The monoisotopic (exact) mass is 402 g/mol. The number of aromatic nitrogens is 2. The zero-order valence-corrected chi connectivity index (χ0v) is 17.3. The van der Waals surface area contributed by atoms with Gasteiger partial charge in [0, 0.05) is 30.3 Å². The molecule has 3 aromatic rings. The van der Waals surface area contributed by atoms with Crippen LogP contribution >= 0.6 is 12.2 Å². The van der Waals surface area contributed by atoms with E-state index in [2.05, 4.69) is 68.6 Å². The normalized spacial score (nSPS) is 22.6. The summed E-state index contributed by atoms with van der Waals surface area (Å²) in [5, 5.41) is 4.29. The van der Waals surface area contributed by atoms with Crippen LogP contribution in [0.2, 0.25) is 0 Å². The molecule has 2 aliphatic rings.